The van der Waals surface area contributed by atoms with Crippen molar-refractivity contribution in [2.24, 2.45) is 0 Å². The Labute approximate surface area is 91.0 Å². The lowest BCUT2D eigenvalue weighted by molar-refractivity contribution is 0.0212. The quantitative estimate of drug-likeness (QED) is 0.692. The van der Waals surface area contributed by atoms with E-state index in [2.05, 4.69) is 12.2 Å². The molecule has 0 spiro atoms. The molecule has 0 aromatic carbocycles. The molecule has 88 valence electrons. The lowest BCUT2D eigenvalue weighted by Crippen LogP contribution is -2.38. The van der Waals surface area contributed by atoms with Crippen molar-refractivity contribution in [3.05, 3.63) is 0 Å². The number of carbonyl (C=O) groups is 1. The Morgan fingerprint density at radius 3 is 2.60 bits per heavy atom. The molecule has 2 N–H and O–H groups in total. The van der Waals surface area contributed by atoms with E-state index in [1.54, 1.807) is 0 Å². The van der Waals surface area contributed by atoms with Gasteiger partial charge in [0.2, 0.25) is 0 Å². The molecule has 15 heavy (non-hydrogen) atoms. The van der Waals surface area contributed by atoms with Crippen molar-refractivity contribution in [1.82, 2.24) is 5.32 Å². The van der Waals surface area contributed by atoms with Crippen molar-refractivity contribution >= 4 is 6.09 Å². The summed E-state index contributed by atoms with van der Waals surface area (Å²) in [6.45, 7) is 3.00. The third-order valence-corrected chi connectivity index (χ3v) is 2.85. The van der Waals surface area contributed by atoms with Crippen molar-refractivity contribution in [2.75, 3.05) is 6.61 Å². The fourth-order valence-corrected chi connectivity index (χ4v) is 1.94. The number of hydrogen-bond donors (Lipinski definition) is 2. The zero-order chi connectivity index (χ0) is 11.1. The third kappa shape index (κ3) is 5.02. The van der Waals surface area contributed by atoms with Crippen LogP contribution in [0, 0.1) is 0 Å². The van der Waals surface area contributed by atoms with E-state index in [4.69, 9.17) is 9.84 Å². The van der Waals surface area contributed by atoms with Crippen LogP contribution in [0.4, 0.5) is 4.79 Å². The van der Waals surface area contributed by atoms with Gasteiger partial charge in [0.1, 0.15) is 0 Å². The summed E-state index contributed by atoms with van der Waals surface area (Å²) in [7, 11) is 0. The Kier molecular flexibility index (Phi) is 5.47. The molecule has 0 aromatic heterocycles. The van der Waals surface area contributed by atoms with E-state index in [-0.39, 0.29) is 6.04 Å². The predicted molar refractivity (Wildman–Crippen MR) is 58.1 cm³/mol. The molecule has 0 heterocycles. The highest BCUT2D eigenvalue weighted by atomic mass is 16.5. The molecule has 1 aliphatic rings. The smallest absolute Gasteiger partial charge is 0.404 e. The van der Waals surface area contributed by atoms with Gasteiger partial charge in [-0.25, -0.2) is 4.79 Å². The van der Waals surface area contributed by atoms with Gasteiger partial charge in [0.25, 0.3) is 0 Å². The molecule has 1 fully saturated rings. The third-order valence-electron chi connectivity index (χ3n) is 2.85. The molecule has 0 aromatic rings. The molecule has 1 saturated carbocycles. The van der Waals surface area contributed by atoms with Crippen LogP contribution < -0.4 is 5.32 Å². The van der Waals surface area contributed by atoms with E-state index in [0.717, 1.165) is 45.1 Å². The topological polar surface area (TPSA) is 58.6 Å². The molecule has 0 unspecified atom stereocenters. The standard InChI is InChI=1S/C11H21NO3/c1-2-3-8-15-10-6-4-9(5-7-10)12-11(13)14/h9-10,12H,2-8H2,1H3,(H,13,14). The fraction of sp³-hybridized carbons (Fsp3) is 0.909. The van der Waals surface area contributed by atoms with Crippen molar-refractivity contribution in [1.29, 1.82) is 0 Å². The molecule has 1 aliphatic carbocycles. The van der Waals surface area contributed by atoms with Gasteiger partial charge >= 0.3 is 6.09 Å². The summed E-state index contributed by atoms with van der Waals surface area (Å²) >= 11 is 0. The van der Waals surface area contributed by atoms with Crippen LogP contribution in [-0.4, -0.2) is 30.0 Å². The molecular formula is C11H21NO3. The van der Waals surface area contributed by atoms with Crippen LogP contribution in [0.15, 0.2) is 0 Å². The number of ether oxygens (including phenoxy) is 1. The Morgan fingerprint density at radius 1 is 1.40 bits per heavy atom. The van der Waals surface area contributed by atoms with Crippen molar-refractivity contribution in [3.8, 4) is 0 Å². The summed E-state index contributed by atoms with van der Waals surface area (Å²) in [6, 6.07) is 0.133. The number of nitrogens with one attached hydrogen (secondary N) is 1. The number of unbranched alkanes of at least 4 members (excludes halogenated alkanes) is 1. The van der Waals surface area contributed by atoms with Gasteiger partial charge in [0.15, 0.2) is 0 Å². The Morgan fingerprint density at radius 2 is 2.07 bits per heavy atom. The number of hydrogen-bond acceptors (Lipinski definition) is 2. The minimum Gasteiger partial charge on any atom is -0.465 e. The first-order chi connectivity index (χ1) is 7.22. The zero-order valence-electron chi connectivity index (χ0n) is 9.37. The maximum absolute atomic E-state index is 10.4. The SMILES string of the molecule is CCCCOC1CCC(NC(=O)O)CC1. The van der Waals surface area contributed by atoms with Gasteiger partial charge in [-0.05, 0) is 32.1 Å². The number of carboxylic acid groups (broad SMARTS) is 1. The van der Waals surface area contributed by atoms with Crippen LogP contribution in [0.3, 0.4) is 0 Å². The van der Waals surface area contributed by atoms with E-state index in [1.807, 2.05) is 0 Å². The minimum absolute atomic E-state index is 0.133. The Bertz CT molecular complexity index is 188. The molecular weight excluding hydrogens is 194 g/mol. The van der Waals surface area contributed by atoms with Crippen LogP contribution in [0.1, 0.15) is 45.4 Å². The molecule has 4 heteroatoms. The Hall–Kier alpha value is -0.770. The maximum Gasteiger partial charge on any atom is 0.404 e. The van der Waals surface area contributed by atoms with E-state index in [9.17, 15) is 4.79 Å². The number of rotatable bonds is 5. The second kappa shape index (κ2) is 6.67. The first kappa shape index (κ1) is 12.3. The minimum atomic E-state index is -0.912. The molecule has 1 amide bonds. The van der Waals surface area contributed by atoms with Gasteiger partial charge in [-0.2, -0.15) is 0 Å². The average molecular weight is 215 g/mol. The highest BCUT2D eigenvalue weighted by molar-refractivity contribution is 5.64. The summed E-state index contributed by atoms with van der Waals surface area (Å²) < 4.78 is 5.70. The van der Waals surface area contributed by atoms with Crippen LogP contribution in [-0.2, 0) is 4.74 Å². The van der Waals surface area contributed by atoms with Gasteiger partial charge in [0.05, 0.1) is 6.10 Å². The van der Waals surface area contributed by atoms with E-state index in [1.165, 1.54) is 0 Å². The molecule has 0 radical (unpaired) electrons. The van der Waals surface area contributed by atoms with Crippen molar-refractivity contribution < 1.29 is 14.6 Å². The molecule has 0 aliphatic heterocycles. The van der Waals surface area contributed by atoms with E-state index < -0.39 is 6.09 Å². The van der Waals surface area contributed by atoms with Crippen LogP contribution in [0.25, 0.3) is 0 Å². The summed E-state index contributed by atoms with van der Waals surface area (Å²) in [6.07, 6.45) is 5.49. The first-order valence-electron chi connectivity index (χ1n) is 5.83. The highest BCUT2D eigenvalue weighted by Gasteiger charge is 2.22. The fourth-order valence-electron chi connectivity index (χ4n) is 1.94. The second-order valence-electron chi connectivity index (χ2n) is 4.15. The van der Waals surface area contributed by atoms with Crippen molar-refractivity contribution in [3.63, 3.8) is 0 Å². The van der Waals surface area contributed by atoms with Gasteiger partial charge in [-0.1, -0.05) is 13.3 Å². The lowest BCUT2D eigenvalue weighted by atomic mass is 9.93. The summed E-state index contributed by atoms with van der Waals surface area (Å²) in [5, 5.41) is 11.1. The van der Waals surface area contributed by atoms with Gasteiger partial charge in [0, 0.05) is 12.6 Å². The normalized spacial score (nSPS) is 26.2. The van der Waals surface area contributed by atoms with E-state index in [0.29, 0.717) is 6.10 Å². The largest absolute Gasteiger partial charge is 0.465 e. The van der Waals surface area contributed by atoms with Crippen LogP contribution in [0.2, 0.25) is 0 Å². The highest BCUT2D eigenvalue weighted by Crippen LogP contribution is 2.21. The average Bonchev–Trinajstić information content (AvgIpc) is 2.20. The van der Waals surface area contributed by atoms with Gasteiger partial charge in [-0.3, -0.25) is 0 Å². The molecule has 1 rings (SSSR count). The number of amides is 1. The summed E-state index contributed by atoms with van der Waals surface area (Å²) in [5.41, 5.74) is 0. The molecule has 4 nitrogen and oxygen atoms in total. The summed E-state index contributed by atoms with van der Waals surface area (Å²) in [4.78, 5) is 10.4. The predicted octanol–water partition coefficient (Wildman–Crippen LogP) is 2.38. The monoisotopic (exact) mass is 215 g/mol. The molecule has 0 atom stereocenters. The van der Waals surface area contributed by atoms with Gasteiger partial charge < -0.3 is 15.2 Å². The molecule has 0 bridgehead atoms. The van der Waals surface area contributed by atoms with Crippen molar-refractivity contribution in [2.45, 2.75) is 57.6 Å². The lowest BCUT2D eigenvalue weighted by Gasteiger charge is -2.28. The zero-order valence-corrected chi connectivity index (χ0v) is 9.37. The van der Waals surface area contributed by atoms with Crippen LogP contribution in [0.5, 0.6) is 0 Å². The first-order valence-corrected chi connectivity index (χ1v) is 5.83. The Balaban J connectivity index is 2.10. The second-order valence-corrected chi connectivity index (χ2v) is 4.15. The van der Waals surface area contributed by atoms with E-state index >= 15 is 0 Å². The molecule has 0 saturated heterocycles. The van der Waals surface area contributed by atoms with Gasteiger partial charge in [-0.15, -0.1) is 0 Å². The maximum atomic E-state index is 10.4. The van der Waals surface area contributed by atoms with Crippen LogP contribution >= 0.6 is 0 Å². The summed E-state index contributed by atoms with van der Waals surface area (Å²) in [5.74, 6) is 0.